The zero-order chi connectivity index (χ0) is 13.3. The Kier molecular flexibility index (Phi) is 5.82. The van der Waals surface area contributed by atoms with E-state index in [4.69, 9.17) is 5.73 Å². The van der Waals surface area contributed by atoms with Gasteiger partial charge in [0.25, 0.3) is 0 Å². The summed E-state index contributed by atoms with van der Waals surface area (Å²) in [6.07, 6.45) is 0.850. The zero-order valence-corrected chi connectivity index (χ0v) is 13.9. The summed E-state index contributed by atoms with van der Waals surface area (Å²) in [4.78, 5) is 0.384. The molecular weight excluding hydrogens is 352 g/mol. The third-order valence-electron chi connectivity index (χ3n) is 3.42. The molecule has 7 heteroatoms. The maximum absolute atomic E-state index is 12.5. The standard InChI is InChI=1S/C12H17BrN2O2S.ClH/c1-9-11(13)3-2-4-12(9)18(16,17)15-6-5-10(7-14)8-15;/h2-4,10H,5-8,14H2,1H3;1H. The predicted octanol–water partition coefficient (Wildman–Crippen LogP) is 2.15. The molecule has 0 aliphatic carbocycles. The molecule has 0 saturated carbocycles. The van der Waals surface area contributed by atoms with Gasteiger partial charge in [0, 0.05) is 17.6 Å². The van der Waals surface area contributed by atoms with Crippen molar-refractivity contribution in [2.24, 2.45) is 11.7 Å². The Bertz CT molecular complexity index is 551. The number of nitrogens with zero attached hydrogens (tertiary/aromatic N) is 1. The van der Waals surface area contributed by atoms with Crippen molar-refractivity contribution < 1.29 is 8.42 Å². The van der Waals surface area contributed by atoms with Gasteiger partial charge in [0.2, 0.25) is 10.0 Å². The Balaban J connectivity index is 0.00000180. The van der Waals surface area contributed by atoms with Gasteiger partial charge < -0.3 is 5.73 Å². The van der Waals surface area contributed by atoms with Crippen molar-refractivity contribution in [2.75, 3.05) is 19.6 Å². The maximum atomic E-state index is 12.5. The smallest absolute Gasteiger partial charge is 0.243 e. The average Bonchev–Trinajstić information content (AvgIpc) is 2.81. The van der Waals surface area contributed by atoms with Gasteiger partial charge in [0.05, 0.1) is 4.90 Å². The van der Waals surface area contributed by atoms with E-state index in [9.17, 15) is 8.42 Å². The highest BCUT2D eigenvalue weighted by molar-refractivity contribution is 9.10. The van der Waals surface area contributed by atoms with Crippen molar-refractivity contribution in [3.05, 3.63) is 28.2 Å². The SMILES string of the molecule is Cc1c(Br)cccc1S(=O)(=O)N1CCC(CN)C1.Cl. The molecule has 2 N–H and O–H groups in total. The molecule has 1 saturated heterocycles. The summed E-state index contributed by atoms with van der Waals surface area (Å²) < 4.78 is 27.4. The first-order valence-corrected chi connectivity index (χ1v) is 8.15. The van der Waals surface area contributed by atoms with Crippen LogP contribution in [0.1, 0.15) is 12.0 Å². The number of hydrogen-bond acceptors (Lipinski definition) is 3. The van der Waals surface area contributed by atoms with Crippen molar-refractivity contribution in [3.63, 3.8) is 0 Å². The topological polar surface area (TPSA) is 63.4 Å². The number of halogens is 2. The summed E-state index contributed by atoms with van der Waals surface area (Å²) in [5, 5.41) is 0. The van der Waals surface area contributed by atoms with Crippen LogP contribution in [0.25, 0.3) is 0 Å². The molecule has 1 heterocycles. The number of nitrogens with two attached hydrogens (primary N) is 1. The lowest BCUT2D eigenvalue weighted by atomic mass is 10.1. The lowest BCUT2D eigenvalue weighted by Gasteiger charge is -2.18. The van der Waals surface area contributed by atoms with Crippen LogP contribution in [0.4, 0.5) is 0 Å². The summed E-state index contributed by atoms with van der Waals surface area (Å²) in [6, 6.07) is 5.26. The van der Waals surface area contributed by atoms with Crippen molar-refractivity contribution >= 4 is 38.4 Å². The summed E-state index contributed by atoms with van der Waals surface area (Å²) >= 11 is 3.37. The van der Waals surface area contributed by atoms with E-state index in [1.807, 2.05) is 13.0 Å². The van der Waals surface area contributed by atoms with Gasteiger partial charge in [-0.1, -0.05) is 22.0 Å². The van der Waals surface area contributed by atoms with E-state index in [-0.39, 0.29) is 18.3 Å². The molecule has 1 aromatic rings. The summed E-state index contributed by atoms with van der Waals surface area (Å²) in [6.45, 7) is 3.46. The molecule has 2 rings (SSSR count). The molecule has 1 aliphatic heterocycles. The van der Waals surface area contributed by atoms with Crippen LogP contribution in [-0.4, -0.2) is 32.4 Å². The van der Waals surface area contributed by atoms with Gasteiger partial charge in [-0.25, -0.2) is 8.42 Å². The average molecular weight is 370 g/mol. The second-order valence-corrected chi connectivity index (χ2v) is 7.38. The van der Waals surface area contributed by atoms with E-state index in [0.717, 1.165) is 16.5 Å². The van der Waals surface area contributed by atoms with Gasteiger partial charge in [-0.3, -0.25) is 0 Å². The molecule has 1 aliphatic rings. The lowest BCUT2D eigenvalue weighted by Crippen LogP contribution is -2.30. The van der Waals surface area contributed by atoms with E-state index in [1.54, 1.807) is 16.4 Å². The van der Waals surface area contributed by atoms with Crippen LogP contribution in [0.2, 0.25) is 0 Å². The first-order valence-electron chi connectivity index (χ1n) is 5.92. The van der Waals surface area contributed by atoms with Gasteiger partial charge in [0.1, 0.15) is 0 Å². The Morgan fingerprint density at radius 2 is 2.16 bits per heavy atom. The Labute approximate surface area is 128 Å². The van der Waals surface area contributed by atoms with Gasteiger partial charge in [-0.05, 0) is 43.5 Å². The highest BCUT2D eigenvalue weighted by Gasteiger charge is 2.32. The summed E-state index contributed by atoms with van der Waals surface area (Å²) in [5.41, 5.74) is 6.36. The molecule has 0 radical (unpaired) electrons. The third-order valence-corrected chi connectivity index (χ3v) is 6.29. The molecule has 1 atom stereocenters. The van der Waals surface area contributed by atoms with Crippen molar-refractivity contribution in [3.8, 4) is 0 Å². The number of rotatable bonds is 3. The molecule has 1 unspecified atom stereocenters. The molecule has 1 fully saturated rings. The molecular formula is C12H18BrClN2O2S. The number of sulfonamides is 1. The molecule has 4 nitrogen and oxygen atoms in total. The van der Waals surface area contributed by atoms with Crippen LogP contribution in [0.15, 0.2) is 27.6 Å². The molecule has 1 aromatic carbocycles. The van der Waals surface area contributed by atoms with E-state index in [2.05, 4.69) is 15.9 Å². The van der Waals surface area contributed by atoms with Crippen molar-refractivity contribution in [1.82, 2.24) is 4.31 Å². The highest BCUT2D eigenvalue weighted by atomic mass is 79.9. The van der Waals surface area contributed by atoms with Crippen LogP contribution in [0.5, 0.6) is 0 Å². The number of benzene rings is 1. The van der Waals surface area contributed by atoms with Crippen LogP contribution >= 0.6 is 28.3 Å². The monoisotopic (exact) mass is 368 g/mol. The van der Waals surface area contributed by atoms with E-state index < -0.39 is 10.0 Å². The first kappa shape index (κ1) is 16.9. The zero-order valence-electron chi connectivity index (χ0n) is 10.7. The van der Waals surface area contributed by atoms with E-state index >= 15 is 0 Å². The fourth-order valence-corrected chi connectivity index (χ4v) is 4.49. The van der Waals surface area contributed by atoms with Crippen molar-refractivity contribution in [1.29, 1.82) is 0 Å². The quantitative estimate of drug-likeness (QED) is 0.888. The molecule has 19 heavy (non-hydrogen) atoms. The number of hydrogen-bond donors (Lipinski definition) is 1. The van der Waals surface area contributed by atoms with E-state index in [1.165, 1.54) is 0 Å². The second kappa shape index (κ2) is 6.54. The normalized spacial score (nSPS) is 20.3. The van der Waals surface area contributed by atoms with Gasteiger partial charge in [-0.2, -0.15) is 4.31 Å². The third kappa shape index (κ3) is 3.31. The largest absolute Gasteiger partial charge is 0.330 e. The van der Waals surface area contributed by atoms with Gasteiger partial charge in [0.15, 0.2) is 0 Å². The molecule has 0 amide bonds. The van der Waals surface area contributed by atoms with Crippen LogP contribution < -0.4 is 5.73 Å². The van der Waals surface area contributed by atoms with Gasteiger partial charge >= 0.3 is 0 Å². The fraction of sp³-hybridized carbons (Fsp3) is 0.500. The lowest BCUT2D eigenvalue weighted by molar-refractivity contribution is 0.458. The van der Waals surface area contributed by atoms with Crippen LogP contribution in [0, 0.1) is 12.8 Å². The maximum Gasteiger partial charge on any atom is 0.243 e. The fourth-order valence-electron chi connectivity index (χ4n) is 2.21. The predicted molar refractivity (Wildman–Crippen MR) is 82.0 cm³/mol. The molecule has 0 aromatic heterocycles. The Hall–Kier alpha value is -0.140. The van der Waals surface area contributed by atoms with Crippen molar-refractivity contribution in [2.45, 2.75) is 18.2 Å². The minimum Gasteiger partial charge on any atom is -0.330 e. The minimum absolute atomic E-state index is 0. The van der Waals surface area contributed by atoms with Crippen LogP contribution in [0.3, 0.4) is 0 Å². The Morgan fingerprint density at radius 3 is 2.74 bits per heavy atom. The summed E-state index contributed by atoms with van der Waals surface area (Å²) in [5.74, 6) is 0.284. The minimum atomic E-state index is -3.39. The Morgan fingerprint density at radius 1 is 1.47 bits per heavy atom. The molecule has 0 spiro atoms. The first-order chi connectivity index (χ1) is 8.46. The summed E-state index contributed by atoms with van der Waals surface area (Å²) in [7, 11) is -3.39. The second-order valence-electron chi connectivity index (χ2n) is 4.62. The highest BCUT2D eigenvalue weighted by Crippen LogP contribution is 2.28. The molecule has 0 bridgehead atoms. The van der Waals surface area contributed by atoms with Crippen LogP contribution in [-0.2, 0) is 10.0 Å². The van der Waals surface area contributed by atoms with E-state index in [0.29, 0.717) is 24.5 Å². The molecule has 108 valence electrons. The van der Waals surface area contributed by atoms with Gasteiger partial charge in [-0.15, -0.1) is 12.4 Å².